The predicted molar refractivity (Wildman–Crippen MR) is 387 cm³/mol. The first-order valence-electron chi connectivity index (χ1n) is 32.6. The molecule has 0 N–H and O–H groups in total. The predicted octanol–water partition coefficient (Wildman–Crippen LogP) is 16.5. The molecule has 2 fully saturated rings. The molecule has 2 unspecified atom stereocenters. The number of hydrogen-bond donors (Lipinski definition) is 0. The van der Waals surface area contributed by atoms with Gasteiger partial charge in [-0.05, 0) is 173 Å². The number of rotatable bonds is 15. The Bertz CT molecular complexity index is 3050. The number of carbonyl (C=O) groups is 1. The molecule has 0 amide bonds. The SMILES string of the molecule is CC.CC.CC.CC(C)(C)c1ccc([IH+])cc1.CC(C)(C)c1ccc([IH+])cc1.CC(C)(C)c1ccc([S+](c2ccccc2)c2ccccc2)cc1.CCCCOc1ccc([S+](c2ccccc2)c2ccccc2)cc1.COOOSCC12CCC(CC1=O)C2(C)C. The number of ketones is 1. The number of unbranched alkanes of at least 4 members (excludes halogenated alkanes) is 1. The first kappa shape index (κ1) is 80.9. The average Bonchev–Trinajstić information content (AvgIpc) is 1.56. The van der Waals surface area contributed by atoms with Gasteiger partial charge < -0.3 is 4.74 Å². The van der Waals surface area contributed by atoms with Crippen molar-refractivity contribution in [3.05, 3.63) is 242 Å². The van der Waals surface area contributed by atoms with Gasteiger partial charge in [0, 0.05) is 29.6 Å². The van der Waals surface area contributed by atoms with E-state index in [2.05, 4.69) is 311 Å². The van der Waals surface area contributed by atoms with E-state index in [9.17, 15) is 4.79 Å². The molecule has 2 bridgehead atoms. The zero-order valence-electron chi connectivity index (χ0n) is 58.4. The van der Waals surface area contributed by atoms with Crippen LogP contribution in [0.3, 0.4) is 0 Å². The maximum atomic E-state index is 12.1. The zero-order valence-corrected chi connectivity index (χ0v) is 65.5. The molecule has 8 aromatic rings. The van der Waals surface area contributed by atoms with Crippen LogP contribution in [0.15, 0.2) is 248 Å². The fraction of sp³-hybridized carbons (Fsp3) is 0.395. The fourth-order valence-corrected chi connectivity index (χ4v) is 16.3. The van der Waals surface area contributed by atoms with E-state index in [0.717, 1.165) is 56.5 Å². The molecule has 91 heavy (non-hydrogen) atoms. The molecule has 2 atom stereocenters. The third kappa shape index (κ3) is 25.7. The molecular weight excluding hydrogens is 1400 g/mol. The third-order valence-electron chi connectivity index (χ3n) is 15.7. The lowest BCUT2D eigenvalue weighted by molar-refractivity contribution is -0.447. The van der Waals surface area contributed by atoms with Gasteiger partial charge in [-0.15, -0.1) is 4.33 Å². The standard InChI is InChI=1S/C22H23OS.C22H23S.C11H18O4S.2C10H14I.3C2H6/c1-2-3-18-23-19-14-16-22(17-15-19)24(20-10-6-4-7-11-20)21-12-8-5-9-13-21;1-22(2,3)18-14-16-21(17-15-18)23(19-10-6-4-7-11-19)20-12-8-5-9-13-20;1-10(2)8-4-5-11(10,9(12)6-8)7-16-15-14-13-3;2*1-10(2,3)8-4-6-9(11)7-5-8;3*1-2/h4-17H,2-3,18H2,1H3;4-17H,1-3H3;8H,4-7H2,1-3H3;2*4-7,11H,1-3H3;3*1-2H3/q2*+1;;2*+1;;;. The second-order valence-corrected chi connectivity index (χ2v) is 32.5. The lowest BCUT2D eigenvalue weighted by Gasteiger charge is -2.35. The van der Waals surface area contributed by atoms with Gasteiger partial charge in [-0.2, -0.15) is 0 Å². The van der Waals surface area contributed by atoms with Gasteiger partial charge in [0.1, 0.15) is 11.5 Å². The Labute approximate surface area is 589 Å². The van der Waals surface area contributed by atoms with Crippen molar-refractivity contribution in [2.75, 3.05) is 19.5 Å². The minimum Gasteiger partial charge on any atom is -0.494 e. The van der Waals surface area contributed by atoms with Gasteiger partial charge in [-0.25, -0.2) is 4.89 Å². The summed E-state index contributed by atoms with van der Waals surface area (Å²) in [6.45, 7) is 39.6. The van der Waals surface area contributed by atoms with Crippen LogP contribution >= 0.6 is 12.0 Å². The molecule has 0 saturated heterocycles. The summed E-state index contributed by atoms with van der Waals surface area (Å²) in [4.78, 5) is 24.5. The number of benzene rings is 8. The van der Waals surface area contributed by atoms with E-state index in [1.807, 2.05) is 86.7 Å². The van der Waals surface area contributed by atoms with Crippen LogP contribution < -0.4 is 49.9 Å². The zero-order chi connectivity index (χ0) is 67.7. The van der Waals surface area contributed by atoms with Gasteiger partial charge >= 0.3 is 0 Å². The summed E-state index contributed by atoms with van der Waals surface area (Å²) in [6.07, 6.45) is 5.12. The topological polar surface area (TPSA) is 54.0 Å². The van der Waals surface area contributed by atoms with Crippen molar-refractivity contribution in [1.29, 1.82) is 0 Å². The Balaban J connectivity index is 0.000000300. The molecule has 0 aliphatic heterocycles. The van der Waals surface area contributed by atoms with E-state index in [1.165, 1.54) is 60.3 Å². The second kappa shape index (κ2) is 41.4. The van der Waals surface area contributed by atoms with Crippen molar-refractivity contribution in [2.45, 2.75) is 202 Å². The second-order valence-electron chi connectivity index (χ2n) is 25.1. The Hall–Kier alpha value is -4.38. The van der Waals surface area contributed by atoms with Crippen molar-refractivity contribution in [3.8, 4) is 5.75 Å². The van der Waals surface area contributed by atoms with E-state index < -0.39 is 0 Å². The Morgan fingerprint density at radius 3 is 1.09 bits per heavy atom. The maximum absolute atomic E-state index is 12.1. The van der Waals surface area contributed by atoms with Crippen molar-refractivity contribution in [1.82, 2.24) is 0 Å². The van der Waals surface area contributed by atoms with Crippen molar-refractivity contribution < 1.29 is 69.0 Å². The van der Waals surface area contributed by atoms with E-state index >= 15 is 0 Å². The van der Waals surface area contributed by atoms with Crippen LogP contribution in [0.2, 0.25) is 0 Å². The van der Waals surface area contributed by atoms with Gasteiger partial charge in [-0.3, -0.25) is 4.79 Å². The lowest BCUT2D eigenvalue weighted by atomic mass is 9.70. The summed E-state index contributed by atoms with van der Waals surface area (Å²) in [5.74, 6) is 2.54. The van der Waals surface area contributed by atoms with Crippen LogP contribution in [0.25, 0.3) is 0 Å². The quantitative estimate of drug-likeness (QED) is 0.0255. The Kier molecular flexibility index (Phi) is 36.8. The van der Waals surface area contributed by atoms with Crippen LogP contribution in [0.1, 0.15) is 173 Å². The number of hydrogen-bond acceptors (Lipinski definition) is 6. The molecule has 10 heteroatoms. The van der Waals surface area contributed by atoms with E-state index in [4.69, 9.17) is 9.07 Å². The van der Waals surface area contributed by atoms with Gasteiger partial charge in [0.2, 0.25) is 0 Å². The largest absolute Gasteiger partial charge is 0.494 e. The van der Waals surface area contributed by atoms with Crippen LogP contribution in [0, 0.1) is 23.9 Å². The molecule has 8 aromatic carbocycles. The normalized spacial score (nSPS) is 15.1. The lowest BCUT2D eigenvalue weighted by Crippen LogP contribution is -3.34. The third-order valence-corrected chi connectivity index (χ3v) is 22.5. The minimum atomic E-state index is -0.223. The fourth-order valence-electron chi connectivity index (χ4n) is 10.3. The van der Waals surface area contributed by atoms with Gasteiger partial charge in [0.25, 0.3) is 45.2 Å². The molecule has 2 aliphatic rings. The molecule has 0 spiro atoms. The summed E-state index contributed by atoms with van der Waals surface area (Å²) in [6, 6.07) is 78.3. The monoisotopic (exact) mass is 1510 g/mol. The molecule has 5 nitrogen and oxygen atoms in total. The summed E-state index contributed by atoms with van der Waals surface area (Å²) >= 11 is 5.26. The Morgan fingerprint density at radius 1 is 0.484 bits per heavy atom. The smallest absolute Gasteiger partial charge is 0.296 e. The highest BCUT2D eigenvalue weighted by Gasteiger charge is 2.64. The van der Waals surface area contributed by atoms with Gasteiger partial charge in [-0.1, -0.05) is 245 Å². The summed E-state index contributed by atoms with van der Waals surface area (Å²) < 4.78 is 13.3. The number of halogens is 2. The van der Waals surface area contributed by atoms with E-state index in [-0.39, 0.29) is 48.9 Å². The number of ether oxygens (including phenoxy) is 1. The minimum absolute atomic E-state index is 0.0497. The maximum Gasteiger partial charge on any atom is 0.296 e. The van der Waals surface area contributed by atoms with Crippen molar-refractivity contribution in [2.24, 2.45) is 16.7 Å². The number of Topliss-reactive ketones (excluding diaryl/α,β-unsaturated/α-hetero) is 1. The summed E-state index contributed by atoms with van der Waals surface area (Å²) in [7, 11) is 1.25. The molecule has 0 radical (unpaired) electrons. The van der Waals surface area contributed by atoms with Crippen LogP contribution in [-0.4, -0.2) is 25.3 Å². The molecule has 0 aromatic heterocycles. The van der Waals surface area contributed by atoms with Gasteiger partial charge in [0.05, 0.1) is 35.5 Å². The molecule has 492 valence electrons. The molecule has 10 rings (SSSR count). The number of fused-ring (bicyclic) bond motifs is 2. The Morgan fingerprint density at radius 2 is 0.802 bits per heavy atom. The van der Waals surface area contributed by atoms with Gasteiger partial charge in [0.15, 0.2) is 36.5 Å². The molecule has 2 aliphatic carbocycles. The van der Waals surface area contributed by atoms with E-state index in [0.29, 0.717) is 17.5 Å². The first-order chi connectivity index (χ1) is 43.5. The van der Waals surface area contributed by atoms with Crippen LogP contribution in [0.4, 0.5) is 0 Å². The van der Waals surface area contributed by atoms with Crippen molar-refractivity contribution >= 4 is 39.6 Å². The highest BCUT2D eigenvalue weighted by molar-refractivity contribution is 7.97. The van der Waals surface area contributed by atoms with Crippen molar-refractivity contribution in [3.63, 3.8) is 0 Å². The van der Waals surface area contributed by atoms with E-state index in [1.54, 1.807) is 0 Å². The molecule has 0 heterocycles. The summed E-state index contributed by atoms with van der Waals surface area (Å²) in [5.41, 5.74) is 4.83. The summed E-state index contributed by atoms with van der Waals surface area (Å²) in [5, 5.41) is 4.35. The van der Waals surface area contributed by atoms with Crippen LogP contribution in [0.5, 0.6) is 5.75 Å². The van der Waals surface area contributed by atoms with Crippen LogP contribution in [-0.2, 0) is 57.1 Å². The molecular formula is C81H110I2O5S3+4. The number of carbonyl (C=O) groups excluding carboxylic acids is 1. The highest BCUT2D eigenvalue weighted by Crippen LogP contribution is 2.64. The average molecular weight is 1510 g/mol. The highest BCUT2D eigenvalue weighted by atomic mass is 127. The first-order valence-corrected chi connectivity index (χ1v) is 38.3. The molecule has 2 saturated carbocycles.